The quantitative estimate of drug-likeness (QED) is 0.803. The Morgan fingerprint density at radius 2 is 2.07 bits per heavy atom. The van der Waals surface area contributed by atoms with Crippen molar-refractivity contribution in [3.63, 3.8) is 0 Å². The number of fused-ring (bicyclic) bond motifs is 1. The number of aliphatic imine (C=N–C) groups is 1. The third-order valence-electron chi connectivity index (χ3n) is 5.54. The zero-order valence-electron chi connectivity index (χ0n) is 18.2. The monoisotopic (exact) mass is 399 g/mol. The smallest absolute Gasteiger partial charge is 0.119 e. The molecule has 3 heterocycles. The molecule has 0 bridgehead atoms. The highest BCUT2D eigenvalue weighted by atomic mass is 15.3. The highest BCUT2D eigenvalue weighted by Gasteiger charge is 2.26. The predicted molar refractivity (Wildman–Crippen MR) is 124 cm³/mol. The van der Waals surface area contributed by atoms with Gasteiger partial charge in [0.15, 0.2) is 0 Å². The second-order valence-corrected chi connectivity index (χ2v) is 8.20. The Kier molecular flexibility index (Phi) is 5.64. The maximum atomic E-state index is 5.71. The third-order valence-corrected chi connectivity index (χ3v) is 5.54. The second kappa shape index (κ2) is 8.36. The zero-order valence-corrected chi connectivity index (χ0v) is 18.2. The molecule has 0 unspecified atom stereocenters. The first-order chi connectivity index (χ1) is 14.5. The van der Waals surface area contributed by atoms with Crippen molar-refractivity contribution < 1.29 is 0 Å². The Balaban J connectivity index is 1.84. The summed E-state index contributed by atoms with van der Waals surface area (Å²) in [6.07, 6.45) is 10.6. The Labute approximate surface area is 178 Å². The molecule has 154 valence electrons. The van der Waals surface area contributed by atoms with Crippen molar-refractivity contribution in [2.24, 2.45) is 10.7 Å². The molecule has 0 spiro atoms. The lowest BCUT2D eigenvalue weighted by Gasteiger charge is -2.15. The van der Waals surface area contributed by atoms with Crippen LogP contribution >= 0.6 is 0 Å². The van der Waals surface area contributed by atoms with Crippen molar-refractivity contribution in [2.75, 3.05) is 6.54 Å². The summed E-state index contributed by atoms with van der Waals surface area (Å²) in [7, 11) is 0. The number of aryl methyl sites for hydroxylation is 2. The summed E-state index contributed by atoms with van der Waals surface area (Å²) in [6.45, 7) is 9.76. The van der Waals surface area contributed by atoms with Crippen LogP contribution in [0.3, 0.4) is 0 Å². The molecular weight excluding hydrogens is 370 g/mol. The van der Waals surface area contributed by atoms with Gasteiger partial charge in [0.1, 0.15) is 5.69 Å². The molecule has 0 atom stereocenters. The van der Waals surface area contributed by atoms with Gasteiger partial charge in [0.05, 0.1) is 11.4 Å². The molecule has 5 nitrogen and oxygen atoms in total. The minimum absolute atomic E-state index is 0.515. The van der Waals surface area contributed by atoms with E-state index in [9.17, 15) is 0 Å². The Bertz CT molecular complexity index is 1130. The standard InChI is InChI=1S/C25H29N5/c1-16(2)20-13-19(10-11-21(20)27-15-17(3)14-26)24-23-9-6-12-30(23)29-25(24)22-8-5-7-18(4)28-22/h5,7-8,10-11,13,15H,6,9,12,14,26H2,1-4H3/b17-15+,27-21?. The number of aromatic nitrogens is 3. The second-order valence-electron chi connectivity index (χ2n) is 8.20. The maximum absolute atomic E-state index is 5.71. The number of nitrogens with zero attached hydrogens (tertiary/aromatic N) is 4. The SMILES string of the molecule is CC(C)=C1C=C(c2c(-c3cccc(C)n3)nn3c2CCC3)C=CC1=N/C=C(\C)CN. The van der Waals surface area contributed by atoms with Gasteiger partial charge in [-0.15, -0.1) is 0 Å². The minimum Gasteiger partial charge on any atom is -0.327 e. The van der Waals surface area contributed by atoms with Crippen molar-refractivity contribution in [3.8, 4) is 11.4 Å². The molecule has 2 aliphatic rings. The zero-order chi connectivity index (χ0) is 21.3. The van der Waals surface area contributed by atoms with Gasteiger partial charge in [0, 0.05) is 36.2 Å². The highest BCUT2D eigenvalue weighted by Crippen LogP contribution is 2.37. The van der Waals surface area contributed by atoms with Gasteiger partial charge in [-0.3, -0.25) is 14.7 Å². The van der Waals surface area contributed by atoms with E-state index in [4.69, 9.17) is 15.8 Å². The molecule has 4 rings (SSSR count). The first kappa shape index (κ1) is 20.2. The Hall–Kier alpha value is -3.05. The highest BCUT2D eigenvalue weighted by molar-refractivity contribution is 6.16. The molecule has 5 heteroatoms. The summed E-state index contributed by atoms with van der Waals surface area (Å²) in [5, 5.41) is 4.95. The topological polar surface area (TPSA) is 69.1 Å². The van der Waals surface area contributed by atoms with E-state index >= 15 is 0 Å². The van der Waals surface area contributed by atoms with Crippen molar-refractivity contribution in [3.05, 3.63) is 76.3 Å². The number of rotatable bonds is 4. The van der Waals surface area contributed by atoms with Gasteiger partial charge in [0.2, 0.25) is 0 Å². The van der Waals surface area contributed by atoms with Crippen LogP contribution in [0.4, 0.5) is 0 Å². The molecule has 1 aliphatic carbocycles. The van der Waals surface area contributed by atoms with Gasteiger partial charge in [0.25, 0.3) is 0 Å². The lowest BCUT2D eigenvalue weighted by Crippen LogP contribution is -2.06. The van der Waals surface area contributed by atoms with Crippen LogP contribution in [0.5, 0.6) is 0 Å². The van der Waals surface area contributed by atoms with Crippen molar-refractivity contribution in [1.29, 1.82) is 0 Å². The summed E-state index contributed by atoms with van der Waals surface area (Å²) in [6, 6.07) is 6.12. The van der Waals surface area contributed by atoms with Crippen molar-refractivity contribution in [2.45, 2.75) is 47.1 Å². The molecule has 30 heavy (non-hydrogen) atoms. The fourth-order valence-electron chi connectivity index (χ4n) is 3.93. The van der Waals surface area contributed by atoms with E-state index in [0.717, 1.165) is 53.3 Å². The van der Waals surface area contributed by atoms with Crippen LogP contribution in [0.15, 0.2) is 64.3 Å². The maximum Gasteiger partial charge on any atom is 0.119 e. The van der Waals surface area contributed by atoms with Gasteiger partial charge in [-0.1, -0.05) is 17.7 Å². The van der Waals surface area contributed by atoms with Crippen molar-refractivity contribution in [1.82, 2.24) is 14.8 Å². The van der Waals surface area contributed by atoms with E-state index in [1.165, 1.54) is 22.4 Å². The van der Waals surface area contributed by atoms with E-state index in [2.05, 4.69) is 53.9 Å². The molecule has 0 fully saturated rings. The average Bonchev–Trinajstić information content (AvgIpc) is 3.33. The number of pyridine rings is 1. The van der Waals surface area contributed by atoms with Gasteiger partial charge >= 0.3 is 0 Å². The summed E-state index contributed by atoms with van der Waals surface area (Å²) >= 11 is 0. The summed E-state index contributed by atoms with van der Waals surface area (Å²) < 4.78 is 2.16. The average molecular weight is 400 g/mol. The molecular formula is C25H29N5. The number of nitrogens with two attached hydrogens (primary N) is 1. The van der Waals surface area contributed by atoms with Crippen molar-refractivity contribution >= 4 is 11.3 Å². The summed E-state index contributed by atoms with van der Waals surface area (Å²) in [5.41, 5.74) is 16.7. The van der Waals surface area contributed by atoms with Crippen LogP contribution < -0.4 is 5.73 Å². The van der Waals surface area contributed by atoms with E-state index in [-0.39, 0.29) is 0 Å². The molecule has 0 amide bonds. The normalized spacial score (nSPS) is 17.5. The molecule has 0 aromatic carbocycles. The largest absolute Gasteiger partial charge is 0.327 e. The number of allylic oxidation sites excluding steroid dienone is 6. The lowest BCUT2D eigenvalue weighted by molar-refractivity contribution is 0.658. The van der Waals surface area contributed by atoms with Crippen LogP contribution in [0, 0.1) is 6.92 Å². The molecule has 2 aromatic heterocycles. The molecule has 1 aliphatic heterocycles. The van der Waals surface area contributed by atoms with Crippen LogP contribution in [-0.4, -0.2) is 27.0 Å². The van der Waals surface area contributed by atoms with Gasteiger partial charge in [-0.2, -0.15) is 5.10 Å². The predicted octanol–water partition coefficient (Wildman–Crippen LogP) is 4.79. The minimum atomic E-state index is 0.515. The number of hydrogen-bond acceptors (Lipinski definition) is 4. The van der Waals surface area contributed by atoms with Crippen LogP contribution in [-0.2, 0) is 13.0 Å². The third kappa shape index (κ3) is 3.85. The lowest BCUT2D eigenvalue weighted by atomic mass is 9.90. The molecule has 0 radical (unpaired) electrons. The van der Waals surface area contributed by atoms with Crippen LogP contribution in [0.1, 0.15) is 44.1 Å². The molecule has 0 saturated carbocycles. The fourth-order valence-corrected chi connectivity index (χ4v) is 3.93. The fraction of sp³-hybridized carbons (Fsp3) is 0.320. The summed E-state index contributed by atoms with van der Waals surface area (Å²) in [5.74, 6) is 0. The van der Waals surface area contributed by atoms with Crippen LogP contribution in [0.25, 0.3) is 17.0 Å². The van der Waals surface area contributed by atoms with E-state index < -0.39 is 0 Å². The molecule has 2 N–H and O–H groups in total. The number of hydrogen-bond donors (Lipinski definition) is 1. The van der Waals surface area contributed by atoms with E-state index in [1.54, 1.807) is 0 Å². The van der Waals surface area contributed by atoms with Gasteiger partial charge < -0.3 is 5.73 Å². The van der Waals surface area contributed by atoms with E-state index in [0.29, 0.717) is 6.54 Å². The van der Waals surface area contributed by atoms with Gasteiger partial charge in [-0.05, 0) is 81.5 Å². The summed E-state index contributed by atoms with van der Waals surface area (Å²) in [4.78, 5) is 9.45. The Morgan fingerprint density at radius 1 is 1.23 bits per heavy atom. The Morgan fingerprint density at radius 3 is 2.80 bits per heavy atom. The first-order valence-electron chi connectivity index (χ1n) is 10.5. The molecule has 2 aromatic rings. The van der Waals surface area contributed by atoms with Crippen LogP contribution in [0.2, 0.25) is 0 Å². The van der Waals surface area contributed by atoms with Gasteiger partial charge in [-0.25, -0.2) is 0 Å². The van der Waals surface area contributed by atoms with E-state index in [1.807, 2.05) is 26.1 Å². The molecule has 0 saturated heterocycles. The first-order valence-corrected chi connectivity index (χ1v) is 10.5.